The molecule has 0 saturated heterocycles. The van der Waals surface area contributed by atoms with Crippen molar-refractivity contribution in [3.63, 3.8) is 0 Å². The largest absolute Gasteiger partial charge is 0.390 e. The number of aliphatic hydroxyl groups is 1. The average molecular weight is 177 g/mol. The molecule has 0 bridgehead atoms. The topological polar surface area (TPSA) is 33.1 Å². The molecule has 0 radical (unpaired) electrons. The van der Waals surface area contributed by atoms with E-state index in [2.05, 4.69) is 25.8 Å². The molecule has 0 aromatic carbocycles. The van der Waals surface area contributed by atoms with Gasteiger partial charge in [-0.1, -0.05) is 13.8 Å². The van der Waals surface area contributed by atoms with Crippen molar-refractivity contribution < 1.29 is 5.11 Å². The summed E-state index contributed by atoms with van der Waals surface area (Å²) in [5.74, 6) is 1.19. The number of aromatic nitrogens is 1. The van der Waals surface area contributed by atoms with Crippen molar-refractivity contribution in [3.8, 4) is 0 Å². The van der Waals surface area contributed by atoms with E-state index >= 15 is 0 Å². The van der Waals surface area contributed by atoms with E-state index in [-0.39, 0.29) is 6.61 Å². The fourth-order valence-electron chi connectivity index (χ4n) is 2.19. The summed E-state index contributed by atoms with van der Waals surface area (Å²) in [5, 5.41) is 8.99. The van der Waals surface area contributed by atoms with Crippen molar-refractivity contribution in [1.82, 2.24) is 4.98 Å². The van der Waals surface area contributed by atoms with Gasteiger partial charge in [-0.2, -0.15) is 0 Å². The van der Waals surface area contributed by atoms with Gasteiger partial charge in [-0.05, 0) is 30.0 Å². The summed E-state index contributed by atoms with van der Waals surface area (Å²) in [6, 6.07) is 1.99. The van der Waals surface area contributed by atoms with Gasteiger partial charge in [-0.25, -0.2) is 0 Å². The molecule has 1 heterocycles. The zero-order valence-electron chi connectivity index (χ0n) is 8.33. The zero-order valence-corrected chi connectivity index (χ0v) is 8.33. The minimum absolute atomic E-state index is 0.0508. The van der Waals surface area contributed by atoms with Crippen molar-refractivity contribution in [2.24, 2.45) is 0 Å². The summed E-state index contributed by atoms with van der Waals surface area (Å²) in [7, 11) is 0. The normalized spacial score (nSPS) is 25.2. The van der Waals surface area contributed by atoms with E-state index in [4.69, 9.17) is 5.11 Å². The Balaban J connectivity index is 2.52. The maximum absolute atomic E-state index is 8.99. The number of aliphatic hydroxyl groups excluding tert-OH is 1. The quantitative estimate of drug-likeness (QED) is 0.712. The van der Waals surface area contributed by atoms with Crippen LogP contribution < -0.4 is 0 Å². The van der Waals surface area contributed by atoms with Crippen LogP contribution in [0.25, 0.3) is 0 Å². The maximum Gasteiger partial charge on any atom is 0.0853 e. The van der Waals surface area contributed by atoms with Crippen molar-refractivity contribution in [1.29, 1.82) is 0 Å². The van der Waals surface area contributed by atoms with Crippen molar-refractivity contribution in [2.45, 2.75) is 39.2 Å². The minimum atomic E-state index is 0.0508. The average Bonchev–Trinajstić information content (AvgIpc) is 2.15. The Hall–Kier alpha value is -0.890. The van der Waals surface area contributed by atoms with Crippen LogP contribution >= 0.6 is 0 Å². The van der Waals surface area contributed by atoms with Crippen LogP contribution in [0.1, 0.15) is 48.2 Å². The molecule has 1 aromatic heterocycles. The first-order chi connectivity index (χ1) is 6.15. The molecule has 1 aliphatic carbocycles. The Kier molecular flexibility index (Phi) is 1.88. The third kappa shape index (κ3) is 1.09. The Morgan fingerprint density at radius 1 is 1.38 bits per heavy atom. The molecule has 0 spiro atoms. The standard InChI is InChI=1S/C11H15NO/c1-6-4-9(5-13)12-11-8(3)7(2)10(6)11/h4,7-8,13H,5H2,1-3H3. The lowest BCUT2D eigenvalue weighted by Gasteiger charge is -2.35. The first-order valence-corrected chi connectivity index (χ1v) is 4.76. The Morgan fingerprint density at radius 2 is 2.08 bits per heavy atom. The van der Waals surface area contributed by atoms with E-state index in [1.54, 1.807) is 0 Å². The van der Waals surface area contributed by atoms with E-state index in [0.717, 1.165) is 5.69 Å². The minimum Gasteiger partial charge on any atom is -0.390 e. The van der Waals surface area contributed by atoms with Gasteiger partial charge in [0.1, 0.15) is 0 Å². The van der Waals surface area contributed by atoms with Gasteiger partial charge in [0.2, 0.25) is 0 Å². The second-order valence-corrected chi connectivity index (χ2v) is 3.96. The highest BCUT2D eigenvalue weighted by Crippen LogP contribution is 2.46. The van der Waals surface area contributed by atoms with Gasteiger partial charge in [-0.15, -0.1) is 0 Å². The number of hydrogen-bond donors (Lipinski definition) is 1. The lowest BCUT2D eigenvalue weighted by Crippen LogP contribution is -2.23. The molecule has 2 heteroatoms. The second-order valence-electron chi connectivity index (χ2n) is 3.96. The van der Waals surface area contributed by atoms with Crippen molar-refractivity contribution in [2.75, 3.05) is 0 Å². The van der Waals surface area contributed by atoms with Gasteiger partial charge in [0, 0.05) is 11.6 Å². The number of nitrogens with zero attached hydrogens (tertiary/aromatic N) is 1. The lowest BCUT2D eigenvalue weighted by molar-refractivity contribution is 0.275. The fourth-order valence-corrected chi connectivity index (χ4v) is 2.19. The first kappa shape index (κ1) is 8.70. The summed E-state index contributed by atoms with van der Waals surface area (Å²) >= 11 is 0. The van der Waals surface area contributed by atoms with E-state index in [1.165, 1.54) is 16.8 Å². The summed E-state index contributed by atoms with van der Waals surface area (Å²) in [6.45, 7) is 6.58. The highest BCUT2D eigenvalue weighted by atomic mass is 16.3. The molecule has 2 nitrogen and oxygen atoms in total. The monoisotopic (exact) mass is 177 g/mol. The molecular formula is C11H15NO. The second kappa shape index (κ2) is 2.81. The Bertz CT molecular complexity index is 346. The van der Waals surface area contributed by atoms with E-state index < -0.39 is 0 Å². The molecule has 2 rings (SSSR count). The van der Waals surface area contributed by atoms with Gasteiger partial charge in [0.25, 0.3) is 0 Å². The van der Waals surface area contributed by atoms with Crippen LogP contribution in [0.3, 0.4) is 0 Å². The van der Waals surface area contributed by atoms with E-state index in [1.807, 2.05) is 6.07 Å². The SMILES string of the molecule is Cc1cc(CO)nc2c1C(C)C2C. The molecule has 1 aromatic rings. The van der Waals surface area contributed by atoms with E-state index in [0.29, 0.717) is 11.8 Å². The van der Waals surface area contributed by atoms with Crippen LogP contribution in [-0.2, 0) is 6.61 Å². The van der Waals surface area contributed by atoms with Crippen LogP contribution in [0.2, 0.25) is 0 Å². The molecule has 0 saturated carbocycles. The van der Waals surface area contributed by atoms with Crippen LogP contribution in [0, 0.1) is 6.92 Å². The van der Waals surface area contributed by atoms with Crippen LogP contribution in [-0.4, -0.2) is 10.1 Å². The molecule has 0 fully saturated rings. The molecule has 70 valence electrons. The first-order valence-electron chi connectivity index (χ1n) is 4.76. The summed E-state index contributed by atoms with van der Waals surface area (Å²) < 4.78 is 0. The molecule has 2 atom stereocenters. The molecule has 1 aliphatic rings. The third-order valence-electron chi connectivity index (χ3n) is 3.15. The van der Waals surface area contributed by atoms with Crippen LogP contribution in [0.15, 0.2) is 6.07 Å². The van der Waals surface area contributed by atoms with Crippen LogP contribution in [0.5, 0.6) is 0 Å². The molecular weight excluding hydrogens is 162 g/mol. The number of hydrogen-bond acceptors (Lipinski definition) is 2. The molecule has 0 aliphatic heterocycles. The third-order valence-corrected chi connectivity index (χ3v) is 3.15. The predicted molar refractivity (Wildman–Crippen MR) is 51.7 cm³/mol. The van der Waals surface area contributed by atoms with Gasteiger partial charge in [0.05, 0.1) is 12.3 Å². The van der Waals surface area contributed by atoms with Gasteiger partial charge in [-0.3, -0.25) is 4.98 Å². The number of rotatable bonds is 1. The highest BCUT2D eigenvalue weighted by molar-refractivity contribution is 5.45. The predicted octanol–water partition coefficient (Wildman–Crippen LogP) is 2.10. The summed E-state index contributed by atoms with van der Waals surface area (Å²) in [6.07, 6.45) is 0. The van der Waals surface area contributed by atoms with Gasteiger partial charge in [0.15, 0.2) is 0 Å². The molecule has 13 heavy (non-hydrogen) atoms. The molecule has 2 unspecified atom stereocenters. The Morgan fingerprint density at radius 3 is 2.69 bits per heavy atom. The lowest BCUT2D eigenvalue weighted by atomic mass is 9.71. The van der Waals surface area contributed by atoms with E-state index in [9.17, 15) is 0 Å². The summed E-state index contributed by atoms with van der Waals surface area (Å²) in [4.78, 5) is 4.42. The van der Waals surface area contributed by atoms with Gasteiger partial charge < -0.3 is 5.11 Å². The smallest absolute Gasteiger partial charge is 0.0853 e. The molecule has 0 amide bonds. The number of pyridine rings is 1. The zero-order chi connectivity index (χ0) is 9.59. The van der Waals surface area contributed by atoms with Gasteiger partial charge >= 0.3 is 0 Å². The van der Waals surface area contributed by atoms with Crippen LogP contribution in [0.4, 0.5) is 0 Å². The number of aryl methyl sites for hydroxylation is 1. The molecule has 1 N–H and O–H groups in total. The van der Waals surface area contributed by atoms with Crippen molar-refractivity contribution >= 4 is 0 Å². The highest BCUT2D eigenvalue weighted by Gasteiger charge is 2.33. The Labute approximate surface area is 78.6 Å². The fraction of sp³-hybridized carbons (Fsp3) is 0.545. The summed E-state index contributed by atoms with van der Waals surface area (Å²) in [5.41, 5.74) is 4.66. The number of fused-ring (bicyclic) bond motifs is 1. The maximum atomic E-state index is 8.99. The van der Waals surface area contributed by atoms with Crippen molar-refractivity contribution in [3.05, 3.63) is 28.6 Å².